The fourth-order valence-electron chi connectivity index (χ4n) is 15.6. The van der Waals surface area contributed by atoms with Crippen LogP contribution in [0, 0.1) is 6.92 Å². The topological polar surface area (TPSA) is 28.4 Å². The molecule has 14 rings (SSSR count). The number of hydrogen-bond donors (Lipinski definition) is 1. The molecule has 1 aromatic heterocycles. The predicted octanol–water partition coefficient (Wildman–Crippen LogP) is 17.2. The molecule has 8 aromatic rings. The van der Waals surface area contributed by atoms with Gasteiger partial charge in [-0.15, -0.1) is 0 Å². The van der Waals surface area contributed by atoms with Crippen LogP contribution in [0.5, 0.6) is 0 Å². The highest BCUT2D eigenvalue weighted by atomic mass is 16.3. The molecule has 2 bridgehead atoms. The Morgan fingerprint density at radius 1 is 0.438 bits per heavy atom. The maximum absolute atomic E-state index is 7.33. The molecule has 0 amide bonds. The van der Waals surface area contributed by atoms with E-state index in [1.54, 1.807) is 0 Å². The highest BCUT2D eigenvalue weighted by Gasteiger charge is 2.50. The van der Waals surface area contributed by atoms with E-state index in [-0.39, 0.29) is 32.5 Å². The van der Waals surface area contributed by atoms with Gasteiger partial charge in [-0.2, -0.15) is 0 Å². The van der Waals surface area contributed by atoms with Crippen LogP contribution in [-0.4, -0.2) is 7.28 Å². The fourth-order valence-corrected chi connectivity index (χ4v) is 15.6. The summed E-state index contributed by atoms with van der Waals surface area (Å²) in [6.45, 7) is 34.7. The van der Waals surface area contributed by atoms with Crippen LogP contribution in [0.3, 0.4) is 0 Å². The first kappa shape index (κ1) is 45.6. The zero-order valence-corrected chi connectivity index (χ0v) is 46.1. The zero-order chi connectivity index (χ0) is 50.9. The molecule has 4 aliphatic carbocycles. The average molecular weight is 957 g/mol. The summed E-state index contributed by atoms with van der Waals surface area (Å²) in [5.41, 5.74) is 30.2. The molecule has 7 aromatic carbocycles. The molecule has 3 heterocycles. The number of hydrogen-bond acceptors (Lipinski definition) is 3. The number of nitrogens with one attached hydrogen (secondary N) is 1. The second-order valence-corrected chi connectivity index (χ2v) is 27.9. The van der Waals surface area contributed by atoms with Crippen LogP contribution in [0.4, 0.5) is 28.4 Å². The minimum Gasteiger partial charge on any atom is -0.454 e. The van der Waals surface area contributed by atoms with Gasteiger partial charge in [0.25, 0.3) is 0 Å². The van der Waals surface area contributed by atoms with E-state index in [2.05, 4.69) is 210 Å². The van der Waals surface area contributed by atoms with Gasteiger partial charge < -0.3 is 14.6 Å². The Labute approximate surface area is 435 Å². The third-order valence-corrected chi connectivity index (χ3v) is 20.6. The summed E-state index contributed by atoms with van der Waals surface area (Å²) in [6, 6.07) is 41.4. The van der Waals surface area contributed by atoms with Gasteiger partial charge in [0.2, 0.25) is 0 Å². The van der Waals surface area contributed by atoms with Crippen LogP contribution in [0.1, 0.15) is 184 Å². The van der Waals surface area contributed by atoms with Crippen LogP contribution in [0.25, 0.3) is 44.2 Å². The van der Waals surface area contributed by atoms with E-state index in [9.17, 15) is 0 Å². The summed E-state index contributed by atoms with van der Waals surface area (Å²) in [4.78, 5) is 2.70. The third kappa shape index (κ3) is 6.02. The van der Waals surface area contributed by atoms with E-state index < -0.39 is 5.41 Å². The average Bonchev–Trinajstić information content (AvgIpc) is 3.85. The Bertz CT molecular complexity index is 3800. The molecule has 6 aliphatic rings. The van der Waals surface area contributed by atoms with Gasteiger partial charge in [0, 0.05) is 44.5 Å². The fraction of sp³-hybridized carbons (Fsp3) is 0.391. The standard InChI is InChI=1S/C69H73BN2O/c1-38-31-46-51(68(12,13)30-25-63(46,2)3)37-56(38)72-55-24-23-41-39-19-15-17-21-45(39)69(14)52-34-48-50(67(10,11)29-27-65(48,6)7)36-54(52)71-53-35-49-47(64(4,5)26-28-66(49,8)9)33-42(53)43-32-44-40-20-16-18-22-57(40)73-62(44)61(72)59(43)70-60(55)58(41)69/h15-24,31-37,70-71H,25-30H2,1-14H3. The normalized spacial score (nSPS) is 22.1. The first-order valence-corrected chi connectivity index (χ1v) is 27.8. The highest BCUT2D eigenvalue weighted by Crippen LogP contribution is 2.60. The van der Waals surface area contributed by atoms with Gasteiger partial charge in [-0.3, -0.25) is 0 Å². The molecular weight excluding hydrogens is 884 g/mol. The van der Waals surface area contributed by atoms with Crippen molar-refractivity contribution < 1.29 is 4.42 Å². The molecule has 0 saturated heterocycles. The molecule has 0 radical (unpaired) electrons. The van der Waals surface area contributed by atoms with Gasteiger partial charge in [0.1, 0.15) is 5.58 Å². The van der Waals surface area contributed by atoms with Crippen molar-refractivity contribution in [3.63, 3.8) is 0 Å². The number of benzene rings is 7. The lowest BCUT2D eigenvalue weighted by molar-refractivity contribution is 0.331. The lowest BCUT2D eigenvalue weighted by Crippen LogP contribution is -2.45. The summed E-state index contributed by atoms with van der Waals surface area (Å²) >= 11 is 0. The van der Waals surface area contributed by atoms with Crippen molar-refractivity contribution in [1.82, 2.24) is 0 Å². The molecule has 0 saturated carbocycles. The molecular formula is C69H73BN2O. The molecule has 2 aliphatic heterocycles. The maximum Gasteiger partial charge on any atom is 0.199 e. The van der Waals surface area contributed by atoms with Crippen molar-refractivity contribution >= 4 is 68.6 Å². The van der Waals surface area contributed by atoms with Gasteiger partial charge in [0.05, 0.1) is 5.69 Å². The Hall–Kier alpha value is -6.00. The van der Waals surface area contributed by atoms with E-state index in [0.29, 0.717) is 0 Å². The zero-order valence-electron chi connectivity index (χ0n) is 46.1. The summed E-state index contributed by atoms with van der Waals surface area (Å²) < 4.78 is 7.33. The minimum atomic E-state index is -0.490. The summed E-state index contributed by atoms with van der Waals surface area (Å²) in [6.07, 6.45) is 6.96. The summed E-state index contributed by atoms with van der Waals surface area (Å²) in [7, 11) is 0.781. The molecule has 0 spiro atoms. The lowest BCUT2D eigenvalue weighted by Gasteiger charge is -2.44. The summed E-state index contributed by atoms with van der Waals surface area (Å²) in [5.74, 6) is 0. The van der Waals surface area contributed by atoms with Crippen LogP contribution >= 0.6 is 0 Å². The van der Waals surface area contributed by atoms with Crippen molar-refractivity contribution in [2.24, 2.45) is 0 Å². The minimum absolute atomic E-state index is 0.00975. The molecule has 368 valence electrons. The van der Waals surface area contributed by atoms with E-state index in [1.165, 1.54) is 129 Å². The molecule has 1 unspecified atom stereocenters. The van der Waals surface area contributed by atoms with Crippen LogP contribution in [0.2, 0.25) is 0 Å². The van der Waals surface area contributed by atoms with Gasteiger partial charge >= 0.3 is 0 Å². The van der Waals surface area contributed by atoms with Crippen LogP contribution in [-0.2, 0) is 37.9 Å². The number of furan rings is 1. The molecule has 73 heavy (non-hydrogen) atoms. The van der Waals surface area contributed by atoms with E-state index in [4.69, 9.17) is 4.42 Å². The predicted molar refractivity (Wildman–Crippen MR) is 312 cm³/mol. The monoisotopic (exact) mass is 957 g/mol. The Kier molecular flexibility index (Phi) is 8.89. The quantitative estimate of drug-likeness (QED) is 0.166. The maximum atomic E-state index is 7.33. The van der Waals surface area contributed by atoms with Gasteiger partial charge in [-0.1, -0.05) is 144 Å². The molecule has 4 heteroatoms. The Balaban J connectivity index is 1.20. The van der Waals surface area contributed by atoms with E-state index in [1.807, 2.05) is 0 Å². The van der Waals surface area contributed by atoms with Gasteiger partial charge in [-0.25, -0.2) is 0 Å². The highest BCUT2D eigenvalue weighted by molar-refractivity contribution is 6.74. The van der Waals surface area contributed by atoms with Crippen molar-refractivity contribution in [2.75, 3.05) is 10.2 Å². The van der Waals surface area contributed by atoms with E-state index in [0.717, 1.165) is 55.9 Å². The van der Waals surface area contributed by atoms with Crippen LogP contribution < -0.4 is 21.1 Å². The Morgan fingerprint density at radius 3 is 1.64 bits per heavy atom. The Morgan fingerprint density at radius 2 is 0.986 bits per heavy atom. The summed E-state index contributed by atoms with van der Waals surface area (Å²) in [5, 5.41) is 6.80. The van der Waals surface area contributed by atoms with Gasteiger partial charge in [-0.05, 0) is 211 Å². The first-order valence-electron chi connectivity index (χ1n) is 27.8. The van der Waals surface area contributed by atoms with Crippen molar-refractivity contribution in [1.29, 1.82) is 0 Å². The van der Waals surface area contributed by atoms with Crippen LogP contribution in [0.15, 0.2) is 108 Å². The first-order chi connectivity index (χ1) is 34.4. The molecule has 1 atom stereocenters. The van der Waals surface area contributed by atoms with Gasteiger partial charge in [0.15, 0.2) is 12.9 Å². The van der Waals surface area contributed by atoms with Crippen molar-refractivity contribution in [3.8, 4) is 22.3 Å². The smallest absolute Gasteiger partial charge is 0.199 e. The number of nitrogens with zero attached hydrogens (tertiary/aromatic N) is 1. The number of rotatable bonds is 1. The third-order valence-electron chi connectivity index (χ3n) is 20.6. The second kappa shape index (κ2) is 14.2. The number of anilines is 5. The number of aryl methyl sites for hydroxylation is 1. The van der Waals surface area contributed by atoms with Crippen molar-refractivity contribution in [3.05, 3.63) is 159 Å². The molecule has 1 N–H and O–H groups in total. The van der Waals surface area contributed by atoms with Crippen molar-refractivity contribution in [2.45, 2.75) is 173 Å². The SMILES string of the molecule is Cc1cc2c(cc1N1c3ccc4c5c3Bc3c(cc6c(oc7ccccc76)c31)-c1cc3c(cc1Nc1cc6c(cc1C5(C)c1ccccc1-4)C(C)(C)CCC6(C)C)C(C)(C)CCC3(C)C)C(C)(C)CCC2(C)C. The number of fused-ring (bicyclic) bond motifs is 14. The van der Waals surface area contributed by atoms with E-state index >= 15 is 0 Å². The molecule has 0 fully saturated rings. The molecule has 3 nitrogen and oxygen atoms in total. The number of para-hydroxylation sites is 1. The largest absolute Gasteiger partial charge is 0.454 e. The lowest BCUT2D eigenvalue weighted by atomic mass is 9.53. The second-order valence-electron chi connectivity index (χ2n) is 27.9.